The fraction of sp³-hybridized carbons (Fsp3) is 0.273. The summed E-state index contributed by atoms with van der Waals surface area (Å²) in [7, 11) is -1.55. The van der Waals surface area contributed by atoms with Crippen molar-refractivity contribution in [3.05, 3.63) is 65.7 Å². The molecule has 2 aromatic carbocycles. The van der Waals surface area contributed by atoms with Crippen molar-refractivity contribution in [2.24, 2.45) is 0 Å². The van der Waals surface area contributed by atoms with Gasteiger partial charge in [-0.3, -0.25) is 4.79 Å². The third kappa shape index (κ3) is 5.93. The van der Waals surface area contributed by atoms with E-state index < -0.39 is 34.4 Å². The number of carbonyl (C=O) groups is 2. The number of ether oxygens (including phenoxy) is 2. The molecule has 0 aliphatic carbocycles. The van der Waals surface area contributed by atoms with Gasteiger partial charge in [-0.25, -0.2) is 13.2 Å². The molecule has 1 aliphatic rings. The molecule has 1 heterocycles. The fourth-order valence-corrected chi connectivity index (χ4v) is 4.84. The Kier molecular flexibility index (Phi) is 6.89. The van der Waals surface area contributed by atoms with Crippen LogP contribution in [0.15, 0.2) is 54.6 Å². The van der Waals surface area contributed by atoms with E-state index in [0.717, 1.165) is 5.56 Å². The molecule has 1 amide bonds. The summed E-state index contributed by atoms with van der Waals surface area (Å²) in [6.07, 6.45) is 2.04. The molecule has 30 heavy (non-hydrogen) atoms. The summed E-state index contributed by atoms with van der Waals surface area (Å²) in [6.45, 7) is -0.488. The van der Waals surface area contributed by atoms with Crippen LogP contribution in [0.25, 0.3) is 11.6 Å². The molecule has 8 heteroatoms. The third-order valence-electron chi connectivity index (χ3n) is 4.64. The molecule has 1 saturated heterocycles. The van der Waals surface area contributed by atoms with Crippen molar-refractivity contribution in [2.75, 3.05) is 25.2 Å². The highest BCUT2D eigenvalue weighted by molar-refractivity contribution is 7.91. The van der Waals surface area contributed by atoms with Crippen LogP contribution in [0.4, 0.5) is 0 Å². The molecule has 1 atom stereocenters. The van der Waals surface area contributed by atoms with Gasteiger partial charge in [0.25, 0.3) is 5.91 Å². The first-order valence-corrected chi connectivity index (χ1v) is 11.3. The number of rotatable bonds is 7. The van der Waals surface area contributed by atoms with Gasteiger partial charge in [0.15, 0.2) is 16.4 Å². The van der Waals surface area contributed by atoms with Crippen LogP contribution in [0.3, 0.4) is 0 Å². The van der Waals surface area contributed by atoms with Crippen LogP contribution in [0.1, 0.15) is 17.5 Å². The molecule has 0 spiro atoms. The maximum atomic E-state index is 12.7. The predicted octanol–water partition coefficient (Wildman–Crippen LogP) is 2.08. The van der Waals surface area contributed by atoms with Gasteiger partial charge >= 0.3 is 5.97 Å². The van der Waals surface area contributed by atoms with E-state index in [1.807, 2.05) is 18.2 Å². The lowest BCUT2D eigenvalue weighted by molar-refractivity contribution is -0.143. The van der Waals surface area contributed by atoms with E-state index in [9.17, 15) is 18.0 Å². The van der Waals surface area contributed by atoms with E-state index in [-0.39, 0.29) is 11.5 Å². The number of hydrogen-bond donors (Lipinski definition) is 1. The van der Waals surface area contributed by atoms with Crippen LogP contribution >= 0.6 is 0 Å². The second-order valence-electron chi connectivity index (χ2n) is 6.94. The molecule has 1 fully saturated rings. The van der Waals surface area contributed by atoms with Crippen molar-refractivity contribution in [3.8, 4) is 5.75 Å². The maximum absolute atomic E-state index is 12.7. The Morgan fingerprint density at radius 2 is 1.90 bits per heavy atom. The van der Waals surface area contributed by atoms with Gasteiger partial charge in [-0.1, -0.05) is 42.5 Å². The number of nitrogens with one attached hydrogen (secondary N) is 1. The number of benzene rings is 2. The molecule has 2 aromatic rings. The Morgan fingerprint density at radius 3 is 2.57 bits per heavy atom. The lowest BCUT2D eigenvalue weighted by Crippen LogP contribution is -2.38. The topological polar surface area (TPSA) is 98.8 Å². The zero-order valence-electron chi connectivity index (χ0n) is 16.5. The van der Waals surface area contributed by atoms with Gasteiger partial charge in [-0.2, -0.15) is 0 Å². The third-order valence-corrected chi connectivity index (χ3v) is 6.41. The average molecular weight is 429 g/mol. The smallest absolute Gasteiger partial charge is 0.339 e. The molecule has 158 valence electrons. The van der Waals surface area contributed by atoms with E-state index in [4.69, 9.17) is 9.47 Å². The van der Waals surface area contributed by atoms with Gasteiger partial charge in [-0.15, -0.1) is 0 Å². The van der Waals surface area contributed by atoms with Crippen molar-refractivity contribution in [1.29, 1.82) is 0 Å². The van der Waals surface area contributed by atoms with E-state index >= 15 is 0 Å². The SMILES string of the molecule is COc1cccc(/C=C(/C(=O)OCC(=O)N[C@@H]2CCS(=O)(=O)C2)c2ccccc2)c1. The van der Waals surface area contributed by atoms with Crippen LogP contribution in [-0.4, -0.2) is 51.6 Å². The highest BCUT2D eigenvalue weighted by Crippen LogP contribution is 2.22. The minimum absolute atomic E-state index is 0.0547. The van der Waals surface area contributed by atoms with Crippen LogP contribution < -0.4 is 10.1 Å². The van der Waals surface area contributed by atoms with E-state index in [1.54, 1.807) is 49.6 Å². The van der Waals surface area contributed by atoms with Crippen molar-refractivity contribution in [2.45, 2.75) is 12.5 Å². The zero-order chi connectivity index (χ0) is 21.6. The minimum atomic E-state index is -3.10. The molecule has 3 rings (SSSR count). The van der Waals surface area contributed by atoms with Crippen molar-refractivity contribution >= 4 is 33.4 Å². The lowest BCUT2D eigenvalue weighted by Gasteiger charge is -2.12. The maximum Gasteiger partial charge on any atom is 0.339 e. The second-order valence-corrected chi connectivity index (χ2v) is 9.17. The van der Waals surface area contributed by atoms with Crippen LogP contribution in [-0.2, 0) is 24.2 Å². The van der Waals surface area contributed by atoms with Crippen molar-refractivity contribution in [3.63, 3.8) is 0 Å². The molecular formula is C22H23NO6S. The number of carbonyl (C=O) groups excluding carboxylic acids is 2. The molecule has 1 N–H and O–H groups in total. The fourth-order valence-electron chi connectivity index (χ4n) is 3.16. The van der Waals surface area contributed by atoms with Crippen molar-refractivity contribution in [1.82, 2.24) is 5.32 Å². The lowest BCUT2D eigenvalue weighted by atomic mass is 10.0. The van der Waals surface area contributed by atoms with Crippen LogP contribution in [0.5, 0.6) is 5.75 Å². The quantitative estimate of drug-likeness (QED) is 0.411. The van der Waals surface area contributed by atoms with Gasteiger partial charge in [0.05, 0.1) is 24.2 Å². The highest BCUT2D eigenvalue weighted by atomic mass is 32.2. The monoisotopic (exact) mass is 429 g/mol. The molecule has 0 aromatic heterocycles. The highest BCUT2D eigenvalue weighted by Gasteiger charge is 2.29. The Hall–Kier alpha value is -3.13. The summed E-state index contributed by atoms with van der Waals surface area (Å²) >= 11 is 0. The average Bonchev–Trinajstić information content (AvgIpc) is 3.09. The molecule has 0 bridgehead atoms. The normalized spacial score (nSPS) is 17.9. The first kappa shape index (κ1) is 21.6. The number of sulfone groups is 1. The Labute approximate surface area is 175 Å². The first-order valence-electron chi connectivity index (χ1n) is 9.44. The summed E-state index contributed by atoms with van der Waals surface area (Å²) in [5.41, 5.74) is 1.68. The van der Waals surface area contributed by atoms with Crippen molar-refractivity contribution < 1.29 is 27.5 Å². The zero-order valence-corrected chi connectivity index (χ0v) is 17.4. The summed E-state index contributed by atoms with van der Waals surface area (Å²) in [5.74, 6) is -0.565. The second kappa shape index (κ2) is 9.58. The van der Waals surface area contributed by atoms with Gasteiger partial charge in [-0.05, 0) is 35.8 Å². The Bertz CT molecular complexity index is 1050. The molecule has 0 unspecified atom stereocenters. The first-order chi connectivity index (χ1) is 14.4. The van der Waals surface area contributed by atoms with E-state index in [2.05, 4.69) is 5.32 Å². The number of amides is 1. The Balaban J connectivity index is 1.71. The number of hydrogen-bond acceptors (Lipinski definition) is 6. The summed E-state index contributed by atoms with van der Waals surface area (Å²) in [6, 6.07) is 15.8. The van der Waals surface area contributed by atoms with E-state index in [1.165, 1.54) is 0 Å². The molecule has 1 aliphatic heterocycles. The standard InChI is InChI=1S/C22H23NO6S/c1-28-19-9-5-6-16(12-19)13-20(17-7-3-2-4-8-17)22(25)29-14-21(24)23-18-10-11-30(26,27)15-18/h2-9,12-13,18H,10-11,14-15H2,1H3,(H,23,24)/b20-13+/t18-/m1/s1. The molecule has 0 radical (unpaired) electrons. The summed E-state index contributed by atoms with van der Waals surface area (Å²) in [5, 5.41) is 2.60. The number of esters is 1. The van der Waals surface area contributed by atoms with Gasteiger partial charge in [0, 0.05) is 6.04 Å². The predicted molar refractivity (Wildman–Crippen MR) is 113 cm³/mol. The van der Waals surface area contributed by atoms with Gasteiger partial charge < -0.3 is 14.8 Å². The van der Waals surface area contributed by atoms with Gasteiger partial charge in [0.1, 0.15) is 5.75 Å². The molecular weight excluding hydrogens is 406 g/mol. The minimum Gasteiger partial charge on any atom is -0.497 e. The summed E-state index contributed by atoms with van der Waals surface area (Å²) in [4.78, 5) is 24.8. The van der Waals surface area contributed by atoms with Crippen LogP contribution in [0.2, 0.25) is 0 Å². The van der Waals surface area contributed by atoms with Gasteiger partial charge in [0.2, 0.25) is 0 Å². The summed E-state index contributed by atoms with van der Waals surface area (Å²) < 4.78 is 33.4. The van der Waals surface area contributed by atoms with E-state index in [0.29, 0.717) is 23.3 Å². The van der Waals surface area contributed by atoms with Crippen LogP contribution in [0, 0.1) is 0 Å². The molecule has 0 saturated carbocycles. The number of methoxy groups -OCH3 is 1. The Morgan fingerprint density at radius 1 is 1.13 bits per heavy atom. The largest absolute Gasteiger partial charge is 0.497 e. The molecule has 7 nitrogen and oxygen atoms in total.